The third-order valence-electron chi connectivity index (χ3n) is 3.54. The molecule has 0 spiro atoms. The lowest BCUT2D eigenvalue weighted by Gasteiger charge is -2.25. The van der Waals surface area contributed by atoms with Gasteiger partial charge in [0.25, 0.3) is 0 Å². The molecular weight excluding hydrogens is 268 g/mol. The van der Waals surface area contributed by atoms with Gasteiger partial charge in [-0.3, -0.25) is 10.1 Å². The summed E-state index contributed by atoms with van der Waals surface area (Å²) in [5.74, 6) is 0.314. The molecule has 0 radical (unpaired) electrons. The number of halogens is 1. The van der Waals surface area contributed by atoms with Crippen molar-refractivity contribution in [1.29, 1.82) is 0 Å². The number of aromatic nitrogens is 2. The van der Waals surface area contributed by atoms with E-state index in [2.05, 4.69) is 15.3 Å². The normalized spacial score (nSPS) is 17.2. The van der Waals surface area contributed by atoms with Gasteiger partial charge in [-0.05, 0) is 12.8 Å². The molecule has 1 aliphatic carbocycles. The highest BCUT2D eigenvalue weighted by Gasteiger charge is 2.40. The molecular formula is C12H17ClN4O2. The smallest absolute Gasteiger partial charge is 0.234 e. The van der Waals surface area contributed by atoms with E-state index < -0.39 is 5.41 Å². The van der Waals surface area contributed by atoms with Crippen molar-refractivity contribution in [3.05, 3.63) is 11.2 Å². The molecule has 1 aromatic rings. The minimum absolute atomic E-state index is 0.142. The van der Waals surface area contributed by atoms with Gasteiger partial charge in [-0.1, -0.05) is 24.4 Å². The largest absolute Gasteiger partial charge is 0.481 e. The SMILES string of the molecule is COc1cc(Cl)nc(NC(=O)C2(CN)CCCC2)n1. The summed E-state index contributed by atoms with van der Waals surface area (Å²) in [5.41, 5.74) is 5.26. The van der Waals surface area contributed by atoms with Gasteiger partial charge in [0.1, 0.15) is 5.15 Å². The van der Waals surface area contributed by atoms with Gasteiger partial charge in [-0.15, -0.1) is 0 Å². The fourth-order valence-corrected chi connectivity index (χ4v) is 2.54. The second-order valence-electron chi connectivity index (χ2n) is 4.70. The van der Waals surface area contributed by atoms with Gasteiger partial charge in [-0.2, -0.15) is 4.98 Å². The maximum absolute atomic E-state index is 12.3. The van der Waals surface area contributed by atoms with Crippen LogP contribution < -0.4 is 15.8 Å². The number of anilines is 1. The van der Waals surface area contributed by atoms with Crippen LogP contribution in [0.1, 0.15) is 25.7 Å². The number of hydrogen-bond acceptors (Lipinski definition) is 5. The average Bonchev–Trinajstić information content (AvgIpc) is 2.88. The Kier molecular flexibility index (Phi) is 4.21. The molecule has 0 unspecified atom stereocenters. The predicted molar refractivity (Wildman–Crippen MR) is 72.2 cm³/mol. The Morgan fingerprint density at radius 1 is 1.53 bits per heavy atom. The van der Waals surface area contributed by atoms with Crippen LogP contribution in [0.5, 0.6) is 5.88 Å². The summed E-state index contributed by atoms with van der Waals surface area (Å²) in [4.78, 5) is 20.3. The van der Waals surface area contributed by atoms with E-state index in [-0.39, 0.29) is 17.0 Å². The molecule has 1 aromatic heterocycles. The molecule has 0 bridgehead atoms. The minimum atomic E-state index is -0.501. The Hall–Kier alpha value is -1.40. The maximum atomic E-state index is 12.3. The van der Waals surface area contributed by atoms with E-state index >= 15 is 0 Å². The van der Waals surface area contributed by atoms with E-state index in [4.69, 9.17) is 22.1 Å². The highest BCUT2D eigenvalue weighted by atomic mass is 35.5. The molecule has 1 fully saturated rings. The zero-order chi connectivity index (χ0) is 13.9. The molecule has 2 rings (SSSR count). The zero-order valence-electron chi connectivity index (χ0n) is 10.8. The number of nitrogens with zero attached hydrogens (tertiary/aromatic N) is 2. The Balaban J connectivity index is 2.16. The van der Waals surface area contributed by atoms with Gasteiger partial charge in [0.05, 0.1) is 12.5 Å². The Morgan fingerprint density at radius 3 is 2.79 bits per heavy atom. The first-order valence-corrected chi connectivity index (χ1v) is 6.57. The van der Waals surface area contributed by atoms with E-state index in [0.717, 1.165) is 25.7 Å². The van der Waals surface area contributed by atoms with E-state index in [0.29, 0.717) is 12.4 Å². The van der Waals surface area contributed by atoms with Crippen LogP contribution in [0.3, 0.4) is 0 Å². The van der Waals surface area contributed by atoms with Crippen LogP contribution in [0.2, 0.25) is 5.15 Å². The quantitative estimate of drug-likeness (QED) is 0.820. The van der Waals surface area contributed by atoms with Crippen molar-refractivity contribution in [3.8, 4) is 5.88 Å². The Labute approximate surface area is 116 Å². The summed E-state index contributed by atoms with van der Waals surface area (Å²) in [6, 6.07) is 1.48. The van der Waals surface area contributed by atoms with Crippen LogP contribution in [-0.2, 0) is 4.79 Å². The summed E-state index contributed by atoms with van der Waals surface area (Å²) in [7, 11) is 1.47. The molecule has 0 saturated heterocycles. The average molecular weight is 285 g/mol. The van der Waals surface area contributed by atoms with Gasteiger partial charge in [0.15, 0.2) is 0 Å². The molecule has 1 heterocycles. The van der Waals surface area contributed by atoms with Crippen molar-refractivity contribution < 1.29 is 9.53 Å². The van der Waals surface area contributed by atoms with Crippen LogP contribution in [0, 0.1) is 5.41 Å². The number of ether oxygens (including phenoxy) is 1. The molecule has 7 heteroatoms. The third kappa shape index (κ3) is 2.96. The second-order valence-corrected chi connectivity index (χ2v) is 5.09. The molecule has 19 heavy (non-hydrogen) atoms. The zero-order valence-corrected chi connectivity index (χ0v) is 11.5. The maximum Gasteiger partial charge on any atom is 0.234 e. The lowest BCUT2D eigenvalue weighted by Crippen LogP contribution is -2.40. The standard InChI is InChI=1S/C12H17ClN4O2/c1-19-9-6-8(13)15-11(16-9)17-10(18)12(7-14)4-2-3-5-12/h6H,2-5,7,14H2,1H3,(H,15,16,17,18). The summed E-state index contributed by atoms with van der Waals surface area (Å²) in [5, 5.41) is 2.90. The van der Waals surface area contributed by atoms with Gasteiger partial charge in [0.2, 0.25) is 17.7 Å². The Morgan fingerprint density at radius 2 is 2.21 bits per heavy atom. The molecule has 104 valence electrons. The molecule has 1 amide bonds. The van der Waals surface area contributed by atoms with Crippen LogP contribution in [0.25, 0.3) is 0 Å². The Bertz CT molecular complexity index is 475. The summed E-state index contributed by atoms with van der Waals surface area (Å²) in [6.45, 7) is 0.330. The molecule has 3 N–H and O–H groups in total. The molecule has 0 atom stereocenters. The summed E-state index contributed by atoms with van der Waals surface area (Å²) < 4.78 is 4.98. The fraction of sp³-hybridized carbons (Fsp3) is 0.583. The first-order chi connectivity index (χ1) is 9.09. The third-order valence-corrected chi connectivity index (χ3v) is 3.73. The first kappa shape index (κ1) is 14.0. The van der Waals surface area contributed by atoms with E-state index in [1.165, 1.54) is 13.2 Å². The monoisotopic (exact) mass is 284 g/mol. The fourth-order valence-electron chi connectivity index (χ4n) is 2.37. The summed E-state index contributed by atoms with van der Waals surface area (Å²) in [6.07, 6.45) is 3.63. The number of hydrogen-bond donors (Lipinski definition) is 2. The molecule has 1 saturated carbocycles. The van der Waals surface area contributed by atoms with Crippen molar-refractivity contribution >= 4 is 23.5 Å². The van der Waals surface area contributed by atoms with Gasteiger partial charge < -0.3 is 10.5 Å². The van der Waals surface area contributed by atoms with Gasteiger partial charge >= 0.3 is 0 Å². The van der Waals surface area contributed by atoms with E-state index in [1.807, 2.05) is 0 Å². The van der Waals surface area contributed by atoms with Crippen LogP contribution >= 0.6 is 11.6 Å². The van der Waals surface area contributed by atoms with E-state index in [9.17, 15) is 4.79 Å². The highest BCUT2D eigenvalue weighted by Crippen LogP contribution is 2.38. The van der Waals surface area contributed by atoms with Crippen LogP contribution in [-0.4, -0.2) is 29.5 Å². The number of nitrogens with two attached hydrogens (primary N) is 1. The minimum Gasteiger partial charge on any atom is -0.481 e. The van der Waals surface area contributed by atoms with E-state index in [1.54, 1.807) is 0 Å². The van der Waals surface area contributed by atoms with Crippen molar-refractivity contribution in [2.45, 2.75) is 25.7 Å². The highest BCUT2D eigenvalue weighted by molar-refractivity contribution is 6.29. The predicted octanol–water partition coefficient (Wildman–Crippen LogP) is 1.60. The van der Waals surface area contributed by atoms with Gasteiger partial charge in [0, 0.05) is 12.6 Å². The van der Waals surface area contributed by atoms with Crippen molar-refractivity contribution in [3.63, 3.8) is 0 Å². The first-order valence-electron chi connectivity index (χ1n) is 6.20. The number of amides is 1. The van der Waals surface area contributed by atoms with Crippen LogP contribution in [0.15, 0.2) is 6.07 Å². The lowest BCUT2D eigenvalue weighted by molar-refractivity contribution is -0.124. The van der Waals surface area contributed by atoms with Gasteiger partial charge in [-0.25, -0.2) is 4.98 Å². The van der Waals surface area contributed by atoms with Crippen LogP contribution in [0.4, 0.5) is 5.95 Å². The number of carbonyl (C=O) groups is 1. The second kappa shape index (κ2) is 5.71. The van der Waals surface area contributed by atoms with Crippen molar-refractivity contribution in [2.75, 3.05) is 19.0 Å². The summed E-state index contributed by atoms with van der Waals surface area (Å²) >= 11 is 5.83. The number of nitrogens with one attached hydrogen (secondary N) is 1. The molecule has 0 aliphatic heterocycles. The number of methoxy groups -OCH3 is 1. The van der Waals surface area contributed by atoms with Crippen molar-refractivity contribution in [2.24, 2.45) is 11.1 Å². The topological polar surface area (TPSA) is 90.1 Å². The lowest BCUT2D eigenvalue weighted by atomic mass is 9.85. The molecule has 1 aliphatic rings. The van der Waals surface area contributed by atoms with Crippen molar-refractivity contribution in [1.82, 2.24) is 9.97 Å². The molecule has 0 aromatic carbocycles. The number of carbonyl (C=O) groups excluding carboxylic acids is 1. The molecule has 6 nitrogen and oxygen atoms in total. The number of rotatable bonds is 4.